The molecule has 102 valence electrons. The fourth-order valence-corrected chi connectivity index (χ4v) is 2.52. The Morgan fingerprint density at radius 3 is 2.75 bits per heavy atom. The minimum Gasteiger partial charge on any atom is -0.348 e. The number of aromatic amines is 1. The Labute approximate surface area is 116 Å². The number of imidazole rings is 1. The molecule has 1 aromatic carbocycles. The summed E-state index contributed by atoms with van der Waals surface area (Å²) in [6, 6.07) is 9.48. The number of H-pyrrole nitrogens is 1. The molecule has 1 saturated heterocycles. The molecule has 0 bridgehead atoms. The van der Waals surface area contributed by atoms with E-state index in [4.69, 9.17) is 0 Å². The van der Waals surface area contributed by atoms with Crippen LogP contribution in [0.25, 0.3) is 0 Å². The molecular weight excluding hydrogens is 254 g/mol. The lowest BCUT2D eigenvalue weighted by Gasteiger charge is -2.14. The van der Waals surface area contributed by atoms with Crippen LogP contribution in [0, 0.1) is 0 Å². The third kappa shape index (κ3) is 2.34. The molecule has 1 N–H and O–H groups in total. The zero-order valence-electron chi connectivity index (χ0n) is 11.0. The number of aromatic nitrogens is 2. The van der Waals surface area contributed by atoms with Crippen LogP contribution >= 0.6 is 0 Å². The van der Waals surface area contributed by atoms with Crippen LogP contribution in [-0.4, -0.2) is 33.2 Å². The van der Waals surface area contributed by atoms with Crippen LogP contribution in [0.4, 0.5) is 0 Å². The van der Waals surface area contributed by atoms with Gasteiger partial charge in [0.15, 0.2) is 0 Å². The van der Waals surface area contributed by atoms with Crippen molar-refractivity contribution in [2.45, 2.75) is 18.8 Å². The van der Waals surface area contributed by atoms with Gasteiger partial charge in [-0.05, 0) is 5.56 Å². The predicted molar refractivity (Wildman–Crippen MR) is 72.8 cm³/mol. The van der Waals surface area contributed by atoms with E-state index < -0.39 is 0 Å². The maximum Gasteiger partial charge on any atom is 0.237 e. The molecule has 1 atom stereocenters. The number of amides is 2. The first kappa shape index (κ1) is 12.6. The van der Waals surface area contributed by atoms with Gasteiger partial charge in [-0.2, -0.15) is 0 Å². The average molecular weight is 269 g/mol. The van der Waals surface area contributed by atoms with Gasteiger partial charge in [0.1, 0.15) is 0 Å². The Bertz CT molecular complexity index is 607. The smallest absolute Gasteiger partial charge is 0.237 e. The third-order valence-electron chi connectivity index (χ3n) is 3.61. The first-order valence-electron chi connectivity index (χ1n) is 6.62. The van der Waals surface area contributed by atoms with E-state index in [1.165, 1.54) is 4.90 Å². The van der Waals surface area contributed by atoms with Crippen molar-refractivity contribution in [2.24, 2.45) is 0 Å². The Balaban J connectivity index is 1.71. The summed E-state index contributed by atoms with van der Waals surface area (Å²) in [7, 11) is 0. The van der Waals surface area contributed by atoms with E-state index in [1.807, 2.05) is 30.3 Å². The standard InChI is InChI=1S/C15H15N3O2/c19-14-8-13(11-4-2-1-3-5-11)15(20)18(14)7-6-12-9-16-10-17-12/h1-5,9-10,13H,6-8H2,(H,16,17). The lowest BCUT2D eigenvalue weighted by atomic mass is 9.98. The van der Waals surface area contributed by atoms with E-state index >= 15 is 0 Å². The van der Waals surface area contributed by atoms with Gasteiger partial charge in [0.25, 0.3) is 0 Å². The molecule has 1 aliphatic heterocycles. The van der Waals surface area contributed by atoms with Crippen LogP contribution in [0.2, 0.25) is 0 Å². The van der Waals surface area contributed by atoms with Gasteiger partial charge < -0.3 is 4.98 Å². The highest BCUT2D eigenvalue weighted by molar-refractivity contribution is 6.06. The number of nitrogens with one attached hydrogen (secondary N) is 1. The van der Waals surface area contributed by atoms with Crippen LogP contribution in [0.1, 0.15) is 23.6 Å². The van der Waals surface area contributed by atoms with Crippen molar-refractivity contribution in [3.8, 4) is 0 Å². The number of hydrogen-bond donors (Lipinski definition) is 1. The SMILES string of the molecule is O=C1CC(c2ccccc2)C(=O)N1CCc1cnc[nH]1. The minimum absolute atomic E-state index is 0.0941. The molecular formula is C15H15N3O2. The lowest BCUT2D eigenvalue weighted by Crippen LogP contribution is -2.32. The quantitative estimate of drug-likeness (QED) is 0.855. The second-order valence-corrected chi connectivity index (χ2v) is 4.88. The predicted octanol–water partition coefficient (Wildman–Crippen LogP) is 1.49. The molecule has 5 heteroatoms. The first-order valence-corrected chi connectivity index (χ1v) is 6.62. The summed E-state index contributed by atoms with van der Waals surface area (Å²) in [4.78, 5) is 32.6. The molecule has 2 amide bonds. The fraction of sp³-hybridized carbons (Fsp3) is 0.267. The summed E-state index contributed by atoms with van der Waals surface area (Å²) in [6.45, 7) is 0.406. The van der Waals surface area contributed by atoms with E-state index in [-0.39, 0.29) is 24.2 Å². The van der Waals surface area contributed by atoms with Crippen LogP contribution < -0.4 is 0 Å². The third-order valence-corrected chi connectivity index (χ3v) is 3.61. The van der Waals surface area contributed by atoms with Crippen molar-refractivity contribution in [1.29, 1.82) is 0 Å². The summed E-state index contributed by atoms with van der Waals surface area (Å²) < 4.78 is 0. The van der Waals surface area contributed by atoms with Crippen molar-refractivity contribution < 1.29 is 9.59 Å². The zero-order valence-corrected chi connectivity index (χ0v) is 11.0. The van der Waals surface area contributed by atoms with Gasteiger partial charge in [-0.15, -0.1) is 0 Å². The van der Waals surface area contributed by atoms with Gasteiger partial charge in [-0.3, -0.25) is 14.5 Å². The van der Waals surface area contributed by atoms with Gasteiger partial charge in [-0.25, -0.2) is 4.98 Å². The van der Waals surface area contributed by atoms with Crippen molar-refractivity contribution in [3.05, 3.63) is 54.1 Å². The molecule has 2 aromatic rings. The van der Waals surface area contributed by atoms with E-state index in [2.05, 4.69) is 9.97 Å². The lowest BCUT2D eigenvalue weighted by molar-refractivity contribution is -0.138. The average Bonchev–Trinajstić information content (AvgIpc) is 3.07. The van der Waals surface area contributed by atoms with E-state index in [1.54, 1.807) is 12.5 Å². The fourth-order valence-electron chi connectivity index (χ4n) is 2.52. The first-order chi connectivity index (χ1) is 9.75. The topological polar surface area (TPSA) is 66.1 Å². The number of nitrogens with zero attached hydrogens (tertiary/aromatic N) is 2. The monoisotopic (exact) mass is 269 g/mol. The van der Waals surface area contributed by atoms with Crippen molar-refractivity contribution in [1.82, 2.24) is 14.9 Å². The van der Waals surface area contributed by atoms with Crippen molar-refractivity contribution in [3.63, 3.8) is 0 Å². The Morgan fingerprint density at radius 2 is 2.05 bits per heavy atom. The number of likely N-dealkylation sites (tertiary alicyclic amines) is 1. The van der Waals surface area contributed by atoms with Crippen molar-refractivity contribution in [2.75, 3.05) is 6.54 Å². The largest absolute Gasteiger partial charge is 0.348 e. The summed E-state index contributed by atoms with van der Waals surface area (Å²) in [6.07, 6.45) is 4.18. The summed E-state index contributed by atoms with van der Waals surface area (Å²) in [5.74, 6) is -0.519. The summed E-state index contributed by atoms with van der Waals surface area (Å²) in [5.41, 5.74) is 1.84. The molecule has 1 aliphatic rings. The molecule has 1 aromatic heterocycles. The second-order valence-electron chi connectivity index (χ2n) is 4.88. The molecule has 0 aliphatic carbocycles. The Hall–Kier alpha value is -2.43. The van der Waals surface area contributed by atoms with Crippen LogP contribution in [0.5, 0.6) is 0 Å². The Morgan fingerprint density at radius 1 is 1.25 bits per heavy atom. The number of carbonyl (C=O) groups excluding carboxylic acids is 2. The zero-order chi connectivity index (χ0) is 13.9. The molecule has 0 spiro atoms. The van der Waals surface area contributed by atoms with Gasteiger partial charge in [-0.1, -0.05) is 30.3 Å². The van der Waals surface area contributed by atoms with Gasteiger partial charge in [0.05, 0.1) is 12.2 Å². The number of benzene rings is 1. The maximum atomic E-state index is 12.4. The number of hydrogen-bond acceptors (Lipinski definition) is 3. The molecule has 2 heterocycles. The number of imide groups is 1. The highest BCUT2D eigenvalue weighted by Crippen LogP contribution is 2.29. The minimum atomic E-state index is -0.328. The summed E-state index contributed by atoms with van der Waals surface area (Å²) in [5, 5.41) is 0. The highest BCUT2D eigenvalue weighted by Gasteiger charge is 2.38. The van der Waals surface area contributed by atoms with E-state index in [0.717, 1.165) is 11.3 Å². The van der Waals surface area contributed by atoms with Crippen LogP contribution in [0.15, 0.2) is 42.9 Å². The number of carbonyl (C=O) groups is 2. The molecule has 0 radical (unpaired) electrons. The molecule has 5 nitrogen and oxygen atoms in total. The van der Waals surface area contributed by atoms with Gasteiger partial charge >= 0.3 is 0 Å². The molecule has 3 rings (SSSR count). The van der Waals surface area contributed by atoms with E-state index in [0.29, 0.717) is 13.0 Å². The normalized spacial score (nSPS) is 18.8. The number of rotatable bonds is 4. The second kappa shape index (κ2) is 5.28. The highest BCUT2D eigenvalue weighted by atomic mass is 16.2. The maximum absolute atomic E-state index is 12.4. The van der Waals surface area contributed by atoms with Gasteiger partial charge in [0.2, 0.25) is 11.8 Å². The summed E-state index contributed by atoms with van der Waals surface area (Å²) >= 11 is 0. The molecule has 0 saturated carbocycles. The van der Waals surface area contributed by atoms with Crippen molar-refractivity contribution >= 4 is 11.8 Å². The van der Waals surface area contributed by atoms with Gasteiger partial charge in [0, 0.05) is 31.3 Å². The Kier molecular flexibility index (Phi) is 3.33. The van der Waals surface area contributed by atoms with Crippen LogP contribution in [-0.2, 0) is 16.0 Å². The van der Waals surface area contributed by atoms with E-state index in [9.17, 15) is 9.59 Å². The molecule has 1 unspecified atom stereocenters. The van der Waals surface area contributed by atoms with Crippen LogP contribution in [0.3, 0.4) is 0 Å². The molecule has 1 fully saturated rings. The molecule has 20 heavy (non-hydrogen) atoms.